The van der Waals surface area contributed by atoms with Crippen LogP contribution in [-0.4, -0.2) is 67.4 Å². The van der Waals surface area contributed by atoms with E-state index in [9.17, 15) is 14.4 Å². The van der Waals surface area contributed by atoms with Crippen LogP contribution in [0.4, 0.5) is 15.3 Å². The lowest BCUT2D eigenvalue weighted by Crippen LogP contribution is -2.34. The van der Waals surface area contributed by atoms with E-state index in [1.165, 1.54) is 12.7 Å². The number of hydrogen-bond donors (Lipinski definition) is 1. The van der Waals surface area contributed by atoms with Crippen LogP contribution in [-0.2, 0) is 14.9 Å². The molecule has 32 heavy (non-hydrogen) atoms. The predicted octanol–water partition coefficient (Wildman–Crippen LogP) is 2.18. The summed E-state index contributed by atoms with van der Waals surface area (Å²) in [6.45, 7) is 1.99. The van der Waals surface area contributed by atoms with E-state index >= 15 is 0 Å². The summed E-state index contributed by atoms with van der Waals surface area (Å²) in [7, 11) is 1.28. The average Bonchev–Trinajstić information content (AvgIpc) is 3.19. The van der Waals surface area contributed by atoms with E-state index in [0.29, 0.717) is 24.6 Å². The number of carbonyl (C=O) groups excluding carboxylic acids is 3. The summed E-state index contributed by atoms with van der Waals surface area (Å²) in [5.41, 5.74) is 2.54. The maximum atomic E-state index is 12.8. The van der Waals surface area contributed by atoms with Gasteiger partial charge in [0.2, 0.25) is 0 Å². The van der Waals surface area contributed by atoms with Crippen molar-refractivity contribution in [2.45, 2.75) is 17.9 Å². The first-order valence-corrected chi connectivity index (χ1v) is 10.6. The maximum Gasteiger partial charge on any atom is 0.414 e. The molecule has 0 radical (unpaired) electrons. The summed E-state index contributed by atoms with van der Waals surface area (Å²) in [6.07, 6.45) is 2.90. The number of fused-ring (bicyclic) bond motifs is 1. The maximum absolute atomic E-state index is 12.8. The fourth-order valence-corrected chi connectivity index (χ4v) is 4.84. The number of ether oxygens (including phenoxy) is 2. The highest BCUT2D eigenvalue weighted by atomic mass is 16.6. The van der Waals surface area contributed by atoms with Crippen molar-refractivity contribution >= 4 is 23.8 Å². The van der Waals surface area contributed by atoms with Crippen LogP contribution in [0.15, 0.2) is 48.8 Å². The average molecular weight is 436 g/mol. The Morgan fingerprint density at radius 3 is 2.78 bits per heavy atom. The number of hydrogen-bond acceptors (Lipinski definition) is 6. The molecule has 3 fully saturated rings. The number of aromatic nitrogens is 1. The number of piperidine rings is 1. The Morgan fingerprint density at radius 2 is 2.06 bits per heavy atom. The number of alkyl carbamates (subject to hydrolysis) is 1. The topological polar surface area (TPSA) is 101 Å². The molecule has 3 atom stereocenters. The number of pyridine rings is 1. The van der Waals surface area contributed by atoms with Crippen LogP contribution in [0.1, 0.15) is 22.3 Å². The Morgan fingerprint density at radius 1 is 1.25 bits per heavy atom. The zero-order chi connectivity index (χ0) is 22.3. The van der Waals surface area contributed by atoms with E-state index in [1.54, 1.807) is 29.4 Å². The normalized spacial score (nSPS) is 25.8. The van der Waals surface area contributed by atoms with E-state index in [1.807, 2.05) is 29.2 Å². The number of methoxy groups -OCH3 is 1. The van der Waals surface area contributed by atoms with Gasteiger partial charge in [-0.05, 0) is 42.2 Å². The number of nitrogens with zero attached hydrogens (tertiary/aromatic N) is 3. The summed E-state index contributed by atoms with van der Waals surface area (Å²) < 4.78 is 9.87. The van der Waals surface area contributed by atoms with Gasteiger partial charge in [0.15, 0.2) is 0 Å². The second kappa shape index (κ2) is 7.81. The van der Waals surface area contributed by atoms with Crippen molar-refractivity contribution in [3.8, 4) is 0 Å². The Hall–Kier alpha value is -3.62. The highest BCUT2D eigenvalue weighted by molar-refractivity contribution is 5.94. The standard InChI is InChI=1S/C23H24N4O5/c1-31-21(29)25-11-19-13-27(22(30)32-19)18-6-4-16(5-7-18)23-9-17(23)12-26(14-23)20(28)15-3-2-8-24-10-15/h2-8,10,17,19H,9,11-14H2,1H3,(H,25,29). The van der Waals surface area contributed by atoms with Gasteiger partial charge < -0.3 is 19.7 Å². The molecule has 0 spiro atoms. The lowest BCUT2D eigenvalue weighted by Gasteiger charge is -2.22. The third-order valence-electron chi connectivity index (χ3n) is 6.63. The van der Waals surface area contributed by atoms with Crippen molar-refractivity contribution in [1.82, 2.24) is 15.2 Å². The van der Waals surface area contributed by atoms with Gasteiger partial charge in [0, 0.05) is 36.6 Å². The number of cyclic esters (lactones) is 1. The fourth-order valence-electron chi connectivity index (χ4n) is 4.84. The summed E-state index contributed by atoms with van der Waals surface area (Å²) in [4.78, 5) is 43.8. The monoisotopic (exact) mass is 436 g/mol. The second-order valence-electron chi connectivity index (χ2n) is 8.52. The van der Waals surface area contributed by atoms with Gasteiger partial charge in [0.05, 0.1) is 25.8 Å². The molecule has 9 heteroatoms. The minimum absolute atomic E-state index is 0.00507. The van der Waals surface area contributed by atoms with Crippen LogP contribution < -0.4 is 10.2 Å². The summed E-state index contributed by atoms with van der Waals surface area (Å²) in [5, 5.41) is 2.55. The smallest absolute Gasteiger partial charge is 0.414 e. The summed E-state index contributed by atoms with van der Waals surface area (Å²) >= 11 is 0. The van der Waals surface area contributed by atoms with Crippen LogP contribution in [0.3, 0.4) is 0 Å². The zero-order valence-corrected chi connectivity index (χ0v) is 17.7. The largest absolute Gasteiger partial charge is 0.453 e. The predicted molar refractivity (Wildman–Crippen MR) is 114 cm³/mol. The van der Waals surface area contributed by atoms with Crippen molar-refractivity contribution < 1.29 is 23.9 Å². The Kier molecular flexibility index (Phi) is 4.96. The lowest BCUT2D eigenvalue weighted by atomic mass is 9.94. The first-order valence-electron chi connectivity index (χ1n) is 10.6. The molecular formula is C23H24N4O5. The SMILES string of the molecule is COC(=O)NCC1CN(c2ccc(C34CC3CN(C(=O)c3cccnc3)C4)cc2)C(=O)O1. The molecule has 2 saturated heterocycles. The summed E-state index contributed by atoms with van der Waals surface area (Å²) in [6, 6.07) is 11.5. The number of carbonyl (C=O) groups is 3. The molecule has 5 rings (SSSR count). The third-order valence-corrected chi connectivity index (χ3v) is 6.63. The molecule has 1 saturated carbocycles. The van der Waals surface area contributed by atoms with Gasteiger partial charge in [0.25, 0.3) is 5.91 Å². The van der Waals surface area contributed by atoms with Crippen molar-refractivity contribution in [3.63, 3.8) is 0 Å². The Labute approximate surface area is 185 Å². The number of likely N-dealkylation sites (tertiary alicyclic amines) is 1. The molecule has 2 aromatic rings. The van der Waals surface area contributed by atoms with Crippen molar-refractivity contribution in [2.75, 3.05) is 38.2 Å². The number of nitrogens with one attached hydrogen (secondary N) is 1. The summed E-state index contributed by atoms with van der Waals surface area (Å²) in [5.74, 6) is 0.479. The third kappa shape index (κ3) is 3.53. The highest BCUT2D eigenvalue weighted by Gasteiger charge is 2.61. The van der Waals surface area contributed by atoms with Gasteiger partial charge in [-0.3, -0.25) is 14.7 Å². The number of rotatable bonds is 5. The quantitative estimate of drug-likeness (QED) is 0.771. The molecule has 3 unspecified atom stereocenters. The number of anilines is 1. The molecule has 9 nitrogen and oxygen atoms in total. The first-order chi connectivity index (χ1) is 15.5. The van der Waals surface area contributed by atoms with Crippen LogP contribution in [0.25, 0.3) is 0 Å². The van der Waals surface area contributed by atoms with E-state index in [2.05, 4.69) is 15.0 Å². The van der Waals surface area contributed by atoms with E-state index in [4.69, 9.17) is 4.74 Å². The Balaban J connectivity index is 1.23. The lowest BCUT2D eigenvalue weighted by molar-refractivity contribution is 0.0771. The molecule has 1 aliphatic carbocycles. The Bertz CT molecular complexity index is 1040. The van der Waals surface area contributed by atoms with Gasteiger partial charge in [-0.1, -0.05) is 12.1 Å². The van der Waals surface area contributed by atoms with Crippen LogP contribution in [0, 0.1) is 5.92 Å². The molecule has 1 aromatic heterocycles. The molecule has 3 amide bonds. The molecule has 3 aliphatic rings. The zero-order valence-electron chi connectivity index (χ0n) is 17.7. The first kappa shape index (κ1) is 20.3. The van der Waals surface area contributed by atoms with E-state index < -0.39 is 18.3 Å². The van der Waals surface area contributed by atoms with Gasteiger partial charge in [-0.25, -0.2) is 9.59 Å². The molecular weight excluding hydrogens is 412 g/mol. The number of amides is 3. The molecule has 1 N–H and O–H groups in total. The van der Waals surface area contributed by atoms with Crippen molar-refractivity contribution in [2.24, 2.45) is 5.92 Å². The van der Waals surface area contributed by atoms with E-state index in [0.717, 1.165) is 18.7 Å². The van der Waals surface area contributed by atoms with Gasteiger partial charge >= 0.3 is 12.2 Å². The van der Waals surface area contributed by atoms with Crippen LogP contribution >= 0.6 is 0 Å². The fraction of sp³-hybridized carbons (Fsp3) is 0.391. The highest BCUT2D eigenvalue weighted by Crippen LogP contribution is 2.59. The van der Waals surface area contributed by atoms with Gasteiger partial charge in [0.1, 0.15) is 6.10 Å². The minimum atomic E-state index is -0.560. The molecule has 166 valence electrons. The van der Waals surface area contributed by atoms with Crippen LogP contribution in [0.2, 0.25) is 0 Å². The molecule has 3 heterocycles. The molecule has 0 bridgehead atoms. The second-order valence-corrected chi connectivity index (χ2v) is 8.52. The molecule has 2 aliphatic heterocycles. The number of benzene rings is 1. The van der Waals surface area contributed by atoms with Crippen molar-refractivity contribution in [3.05, 3.63) is 59.9 Å². The minimum Gasteiger partial charge on any atom is -0.453 e. The van der Waals surface area contributed by atoms with Crippen molar-refractivity contribution in [1.29, 1.82) is 0 Å². The van der Waals surface area contributed by atoms with Gasteiger partial charge in [-0.15, -0.1) is 0 Å². The van der Waals surface area contributed by atoms with Gasteiger partial charge in [-0.2, -0.15) is 0 Å². The molecule has 1 aromatic carbocycles. The van der Waals surface area contributed by atoms with Crippen LogP contribution in [0.5, 0.6) is 0 Å². The van der Waals surface area contributed by atoms with E-state index in [-0.39, 0.29) is 17.9 Å².